The second kappa shape index (κ2) is 4.31. The van der Waals surface area contributed by atoms with Crippen LogP contribution in [-0.4, -0.2) is 53.8 Å². The maximum absolute atomic E-state index is 12.2. The van der Waals surface area contributed by atoms with E-state index in [0.717, 1.165) is 11.6 Å². The van der Waals surface area contributed by atoms with Gasteiger partial charge in [0.15, 0.2) is 0 Å². The molecule has 15 heavy (non-hydrogen) atoms. The van der Waals surface area contributed by atoms with E-state index in [1.807, 2.05) is 4.90 Å². The minimum absolute atomic E-state index is 0.00683. The van der Waals surface area contributed by atoms with Crippen LogP contribution in [0.5, 0.6) is 0 Å². The second-order valence-corrected chi connectivity index (χ2v) is 5.66. The van der Waals surface area contributed by atoms with Crippen LogP contribution in [-0.2, 0) is 9.53 Å². The van der Waals surface area contributed by atoms with E-state index >= 15 is 0 Å². The Balaban J connectivity index is 2.04. The fourth-order valence-corrected chi connectivity index (χ4v) is 2.94. The smallest absolute Gasteiger partial charge is 0.241 e. The zero-order valence-electron chi connectivity index (χ0n) is 9.28. The Kier molecular flexibility index (Phi) is 3.23. The van der Waals surface area contributed by atoms with Crippen molar-refractivity contribution in [3.8, 4) is 0 Å². The number of amides is 1. The highest BCUT2D eigenvalue weighted by Crippen LogP contribution is 2.22. The molecule has 4 nitrogen and oxygen atoms in total. The fourth-order valence-electron chi connectivity index (χ4n) is 2.01. The lowest BCUT2D eigenvalue weighted by Gasteiger charge is -2.43. The van der Waals surface area contributed by atoms with E-state index in [1.165, 1.54) is 0 Å². The molecular weight excluding hydrogens is 212 g/mol. The van der Waals surface area contributed by atoms with E-state index in [-0.39, 0.29) is 17.5 Å². The Labute approximate surface area is 94.7 Å². The van der Waals surface area contributed by atoms with Gasteiger partial charge in [0.1, 0.15) is 0 Å². The summed E-state index contributed by atoms with van der Waals surface area (Å²) < 4.78 is 5.41. The number of hydrogen-bond donors (Lipinski definition) is 1. The van der Waals surface area contributed by atoms with Crippen molar-refractivity contribution in [3.63, 3.8) is 0 Å². The highest BCUT2D eigenvalue weighted by atomic mass is 32.2. The summed E-state index contributed by atoms with van der Waals surface area (Å²) in [5, 5.41) is 3.22. The molecule has 0 aromatic carbocycles. The molecule has 0 spiro atoms. The summed E-state index contributed by atoms with van der Waals surface area (Å²) in [4.78, 5) is 14.2. The third-order valence-corrected chi connectivity index (χ3v) is 3.87. The van der Waals surface area contributed by atoms with E-state index < -0.39 is 0 Å². The van der Waals surface area contributed by atoms with Crippen molar-refractivity contribution in [1.82, 2.24) is 10.2 Å². The first-order valence-electron chi connectivity index (χ1n) is 5.31. The van der Waals surface area contributed by atoms with Gasteiger partial charge in [-0.25, -0.2) is 0 Å². The molecule has 2 heterocycles. The van der Waals surface area contributed by atoms with Crippen molar-refractivity contribution in [2.45, 2.75) is 25.4 Å². The number of thioether (sulfide) groups is 1. The maximum Gasteiger partial charge on any atom is 0.241 e. The van der Waals surface area contributed by atoms with Crippen molar-refractivity contribution >= 4 is 17.7 Å². The molecule has 0 aliphatic carbocycles. The highest BCUT2D eigenvalue weighted by Gasteiger charge is 2.37. The SMILES string of the molecule is CC1(C)COCCN1C(=O)C1CSCN1. The molecule has 1 atom stereocenters. The molecular formula is C10H18N2O2S. The molecule has 0 aromatic rings. The third kappa shape index (κ3) is 2.29. The van der Waals surface area contributed by atoms with E-state index in [0.29, 0.717) is 19.8 Å². The number of nitrogens with zero attached hydrogens (tertiary/aromatic N) is 1. The van der Waals surface area contributed by atoms with Gasteiger partial charge < -0.3 is 9.64 Å². The standard InChI is InChI=1S/C10H18N2O2S/c1-10(2)6-14-4-3-12(10)9(13)8-5-15-7-11-8/h8,11H,3-7H2,1-2H3. The van der Waals surface area contributed by atoms with Crippen LogP contribution >= 0.6 is 11.8 Å². The zero-order valence-corrected chi connectivity index (χ0v) is 10.1. The van der Waals surface area contributed by atoms with Crippen LogP contribution < -0.4 is 5.32 Å². The normalized spacial score (nSPS) is 30.5. The van der Waals surface area contributed by atoms with E-state index in [9.17, 15) is 4.79 Å². The summed E-state index contributed by atoms with van der Waals surface area (Å²) in [6.07, 6.45) is 0. The molecule has 2 fully saturated rings. The van der Waals surface area contributed by atoms with Gasteiger partial charge in [0.2, 0.25) is 5.91 Å². The number of morpholine rings is 1. The van der Waals surface area contributed by atoms with Crippen LogP contribution in [0.4, 0.5) is 0 Å². The quantitative estimate of drug-likeness (QED) is 0.703. The number of rotatable bonds is 1. The van der Waals surface area contributed by atoms with Crippen molar-refractivity contribution in [2.24, 2.45) is 0 Å². The highest BCUT2D eigenvalue weighted by molar-refractivity contribution is 7.99. The van der Waals surface area contributed by atoms with Crippen LogP contribution in [0, 0.1) is 0 Å². The van der Waals surface area contributed by atoms with E-state index in [1.54, 1.807) is 11.8 Å². The van der Waals surface area contributed by atoms with Crippen LogP contribution in [0.3, 0.4) is 0 Å². The summed E-state index contributed by atoms with van der Waals surface area (Å²) >= 11 is 1.78. The number of nitrogens with one attached hydrogen (secondary N) is 1. The first kappa shape index (κ1) is 11.2. The Morgan fingerprint density at radius 3 is 3.00 bits per heavy atom. The molecule has 5 heteroatoms. The second-order valence-electron chi connectivity index (χ2n) is 4.63. The molecule has 1 N–H and O–H groups in total. The minimum Gasteiger partial charge on any atom is -0.377 e. The predicted molar refractivity (Wildman–Crippen MR) is 60.9 cm³/mol. The molecule has 86 valence electrons. The molecule has 0 aromatic heterocycles. The summed E-state index contributed by atoms with van der Waals surface area (Å²) in [5.74, 6) is 2.02. The Hall–Kier alpha value is -0.260. The lowest BCUT2D eigenvalue weighted by atomic mass is 10.0. The first-order chi connectivity index (χ1) is 7.11. The zero-order chi connectivity index (χ0) is 10.9. The largest absolute Gasteiger partial charge is 0.377 e. The van der Waals surface area contributed by atoms with E-state index in [2.05, 4.69) is 19.2 Å². The summed E-state index contributed by atoms with van der Waals surface area (Å²) in [6.45, 7) is 6.14. The average Bonchev–Trinajstić information content (AvgIpc) is 2.69. The number of ether oxygens (including phenoxy) is 1. The van der Waals surface area contributed by atoms with Gasteiger partial charge in [-0.3, -0.25) is 10.1 Å². The van der Waals surface area contributed by atoms with E-state index in [4.69, 9.17) is 4.74 Å². The van der Waals surface area contributed by atoms with Crippen molar-refractivity contribution in [2.75, 3.05) is 31.4 Å². The molecule has 0 saturated carbocycles. The van der Waals surface area contributed by atoms with Crippen LogP contribution in [0.1, 0.15) is 13.8 Å². The predicted octanol–water partition coefficient (Wildman–Crippen LogP) is 0.286. The van der Waals surface area contributed by atoms with Crippen LogP contribution in [0.25, 0.3) is 0 Å². The Bertz CT molecular complexity index is 252. The van der Waals surface area contributed by atoms with Gasteiger partial charge in [-0.05, 0) is 13.8 Å². The van der Waals surface area contributed by atoms with Crippen molar-refractivity contribution in [3.05, 3.63) is 0 Å². The van der Waals surface area contributed by atoms with Gasteiger partial charge in [-0.2, -0.15) is 0 Å². The fraction of sp³-hybridized carbons (Fsp3) is 0.900. The van der Waals surface area contributed by atoms with Crippen molar-refractivity contribution in [1.29, 1.82) is 0 Å². The van der Waals surface area contributed by atoms with Gasteiger partial charge in [0.05, 0.1) is 24.8 Å². The van der Waals surface area contributed by atoms with Gasteiger partial charge in [0.25, 0.3) is 0 Å². The molecule has 1 amide bonds. The summed E-state index contributed by atoms with van der Waals surface area (Å²) in [7, 11) is 0. The molecule has 2 rings (SSSR count). The number of carbonyl (C=O) groups is 1. The van der Waals surface area contributed by atoms with Gasteiger partial charge in [-0.1, -0.05) is 0 Å². The topological polar surface area (TPSA) is 41.6 Å². The first-order valence-corrected chi connectivity index (χ1v) is 6.47. The minimum atomic E-state index is -0.162. The van der Waals surface area contributed by atoms with Gasteiger partial charge >= 0.3 is 0 Å². The maximum atomic E-state index is 12.2. The molecule has 2 aliphatic heterocycles. The number of hydrogen-bond acceptors (Lipinski definition) is 4. The lowest BCUT2D eigenvalue weighted by molar-refractivity contribution is -0.147. The monoisotopic (exact) mass is 230 g/mol. The summed E-state index contributed by atoms with van der Waals surface area (Å²) in [5.41, 5.74) is -0.162. The van der Waals surface area contributed by atoms with Crippen LogP contribution in [0.2, 0.25) is 0 Å². The van der Waals surface area contributed by atoms with Crippen molar-refractivity contribution < 1.29 is 9.53 Å². The molecule has 0 radical (unpaired) electrons. The average molecular weight is 230 g/mol. The molecule has 2 saturated heterocycles. The Morgan fingerprint density at radius 2 is 2.40 bits per heavy atom. The Morgan fingerprint density at radius 1 is 1.60 bits per heavy atom. The van der Waals surface area contributed by atoms with Gasteiger partial charge in [-0.15, -0.1) is 11.8 Å². The third-order valence-electron chi connectivity index (χ3n) is 2.93. The molecule has 2 aliphatic rings. The summed E-state index contributed by atoms with van der Waals surface area (Å²) in [6, 6.07) is 0.00683. The molecule has 0 bridgehead atoms. The molecule has 1 unspecified atom stereocenters. The van der Waals surface area contributed by atoms with Gasteiger partial charge in [0, 0.05) is 18.2 Å². The van der Waals surface area contributed by atoms with Crippen LogP contribution in [0.15, 0.2) is 0 Å². The number of carbonyl (C=O) groups excluding carboxylic acids is 1. The lowest BCUT2D eigenvalue weighted by Crippen LogP contribution is -2.59.